The van der Waals surface area contributed by atoms with Gasteiger partial charge in [0.25, 0.3) is 0 Å². The van der Waals surface area contributed by atoms with Crippen LogP contribution in [-0.4, -0.2) is 33.7 Å². The standard InChI is InChI=1S/C19H25N3/c1-20-13-12-17(16-8-4-3-5-9-16)22-15-14-21(2)18-10-6-7-11-19(18)22/h3-11,17,20H,12-15H2,1-2H3. The molecule has 3 nitrogen and oxygen atoms in total. The van der Waals surface area contributed by atoms with Gasteiger partial charge in [-0.05, 0) is 37.7 Å². The first kappa shape index (κ1) is 14.9. The highest BCUT2D eigenvalue weighted by atomic mass is 15.3. The summed E-state index contributed by atoms with van der Waals surface area (Å²) in [5, 5.41) is 3.30. The maximum atomic E-state index is 3.30. The minimum Gasteiger partial charge on any atom is -0.371 e. The molecular formula is C19H25N3. The lowest BCUT2D eigenvalue weighted by Gasteiger charge is -2.42. The molecule has 1 N–H and O–H groups in total. The SMILES string of the molecule is CNCCC(c1ccccc1)N1CCN(C)c2ccccc21. The Morgan fingerprint density at radius 3 is 2.36 bits per heavy atom. The van der Waals surface area contributed by atoms with Gasteiger partial charge in [-0.25, -0.2) is 0 Å². The lowest BCUT2D eigenvalue weighted by Crippen LogP contribution is -2.42. The summed E-state index contributed by atoms with van der Waals surface area (Å²) in [5.74, 6) is 0. The third-order valence-corrected chi connectivity index (χ3v) is 4.51. The van der Waals surface area contributed by atoms with Gasteiger partial charge in [0, 0.05) is 20.1 Å². The van der Waals surface area contributed by atoms with Crippen LogP contribution in [0.4, 0.5) is 11.4 Å². The number of nitrogens with zero attached hydrogens (tertiary/aromatic N) is 2. The molecule has 0 bridgehead atoms. The molecule has 0 saturated carbocycles. The Labute approximate surface area is 133 Å². The number of hydrogen-bond acceptors (Lipinski definition) is 3. The normalized spacial score (nSPS) is 15.5. The fraction of sp³-hybridized carbons (Fsp3) is 0.368. The van der Waals surface area contributed by atoms with E-state index in [1.165, 1.54) is 16.9 Å². The fourth-order valence-electron chi connectivity index (χ4n) is 3.31. The average molecular weight is 295 g/mol. The number of likely N-dealkylation sites (N-methyl/N-ethyl adjacent to an activating group) is 1. The number of benzene rings is 2. The molecule has 0 fully saturated rings. The van der Waals surface area contributed by atoms with E-state index in [0.29, 0.717) is 6.04 Å². The second-order valence-electron chi connectivity index (χ2n) is 5.92. The summed E-state index contributed by atoms with van der Waals surface area (Å²) in [6, 6.07) is 20.0. The van der Waals surface area contributed by atoms with Gasteiger partial charge in [0.2, 0.25) is 0 Å². The molecule has 3 rings (SSSR count). The summed E-state index contributed by atoms with van der Waals surface area (Å²) < 4.78 is 0. The van der Waals surface area contributed by atoms with Gasteiger partial charge in [-0.1, -0.05) is 42.5 Å². The molecule has 1 unspecified atom stereocenters. The summed E-state index contributed by atoms with van der Waals surface area (Å²) in [5.41, 5.74) is 4.08. The maximum absolute atomic E-state index is 3.30. The topological polar surface area (TPSA) is 18.5 Å². The van der Waals surface area contributed by atoms with E-state index in [1.807, 2.05) is 7.05 Å². The lowest BCUT2D eigenvalue weighted by molar-refractivity contribution is 0.548. The summed E-state index contributed by atoms with van der Waals surface area (Å²) in [4.78, 5) is 4.92. The quantitative estimate of drug-likeness (QED) is 0.913. The van der Waals surface area contributed by atoms with E-state index in [9.17, 15) is 0 Å². The molecule has 0 aliphatic carbocycles. The molecule has 2 aromatic rings. The molecule has 0 spiro atoms. The molecule has 2 aromatic carbocycles. The zero-order chi connectivity index (χ0) is 15.4. The first-order valence-corrected chi connectivity index (χ1v) is 8.07. The van der Waals surface area contributed by atoms with E-state index in [1.54, 1.807) is 0 Å². The van der Waals surface area contributed by atoms with Gasteiger partial charge in [0.15, 0.2) is 0 Å². The van der Waals surface area contributed by atoms with Crippen LogP contribution in [0.3, 0.4) is 0 Å². The Bertz CT molecular complexity index is 597. The summed E-state index contributed by atoms with van der Waals surface area (Å²) in [6.07, 6.45) is 1.11. The minimum absolute atomic E-state index is 0.420. The smallest absolute Gasteiger partial charge is 0.0609 e. The van der Waals surface area contributed by atoms with Crippen LogP contribution >= 0.6 is 0 Å². The minimum atomic E-state index is 0.420. The molecule has 116 valence electrons. The predicted molar refractivity (Wildman–Crippen MR) is 94.8 cm³/mol. The van der Waals surface area contributed by atoms with Crippen molar-refractivity contribution in [2.75, 3.05) is 43.5 Å². The summed E-state index contributed by atoms with van der Waals surface area (Å²) in [6.45, 7) is 3.16. The van der Waals surface area contributed by atoms with Gasteiger partial charge in [0.05, 0.1) is 17.4 Å². The second-order valence-corrected chi connectivity index (χ2v) is 5.92. The van der Waals surface area contributed by atoms with Crippen molar-refractivity contribution in [1.82, 2.24) is 5.32 Å². The summed E-state index contributed by atoms with van der Waals surface area (Å²) >= 11 is 0. The first-order valence-electron chi connectivity index (χ1n) is 8.07. The molecule has 1 heterocycles. The van der Waals surface area contributed by atoms with Crippen molar-refractivity contribution in [3.63, 3.8) is 0 Å². The van der Waals surface area contributed by atoms with Crippen molar-refractivity contribution in [2.24, 2.45) is 0 Å². The molecule has 1 atom stereocenters. The van der Waals surface area contributed by atoms with Crippen LogP contribution in [0.1, 0.15) is 18.0 Å². The highest BCUT2D eigenvalue weighted by Gasteiger charge is 2.26. The van der Waals surface area contributed by atoms with Crippen LogP contribution in [0.2, 0.25) is 0 Å². The highest BCUT2D eigenvalue weighted by Crippen LogP contribution is 2.38. The van der Waals surface area contributed by atoms with Gasteiger partial charge in [-0.2, -0.15) is 0 Å². The molecule has 0 radical (unpaired) electrons. The molecule has 0 saturated heterocycles. The van der Waals surface area contributed by atoms with Gasteiger partial charge in [-0.15, -0.1) is 0 Å². The number of para-hydroxylation sites is 2. The number of fused-ring (bicyclic) bond motifs is 1. The Morgan fingerprint density at radius 2 is 1.64 bits per heavy atom. The lowest BCUT2D eigenvalue weighted by atomic mass is 9.99. The van der Waals surface area contributed by atoms with Crippen LogP contribution < -0.4 is 15.1 Å². The van der Waals surface area contributed by atoms with E-state index in [-0.39, 0.29) is 0 Å². The van der Waals surface area contributed by atoms with Crippen LogP contribution in [0.5, 0.6) is 0 Å². The van der Waals surface area contributed by atoms with Crippen LogP contribution in [-0.2, 0) is 0 Å². The monoisotopic (exact) mass is 295 g/mol. The Hall–Kier alpha value is -2.00. The van der Waals surface area contributed by atoms with E-state index in [4.69, 9.17) is 0 Å². The van der Waals surface area contributed by atoms with Gasteiger partial charge in [0.1, 0.15) is 0 Å². The molecule has 3 heteroatoms. The van der Waals surface area contributed by atoms with Crippen molar-refractivity contribution in [2.45, 2.75) is 12.5 Å². The largest absolute Gasteiger partial charge is 0.371 e. The number of anilines is 2. The van der Waals surface area contributed by atoms with E-state index < -0.39 is 0 Å². The fourth-order valence-corrected chi connectivity index (χ4v) is 3.31. The molecule has 1 aliphatic rings. The highest BCUT2D eigenvalue weighted by molar-refractivity contribution is 5.73. The Balaban J connectivity index is 1.96. The zero-order valence-electron chi connectivity index (χ0n) is 13.5. The third-order valence-electron chi connectivity index (χ3n) is 4.51. The van der Waals surface area contributed by atoms with Gasteiger partial charge >= 0.3 is 0 Å². The number of rotatable bonds is 5. The second kappa shape index (κ2) is 6.84. The zero-order valence-corrected chi connectivity index (χ0v) is 13.5. The number of hydrogen-bond donors (Lipinski definition) is 1. The van der Waals surface area contributed by atoms with Gasteiger partial charge in [-0.3, -0.25) is 0 Å². The molecular weight excluding hydrogens is 270 g/mol. The van der Waals surface area contributed by atoms with Gasteiger partial charge < -0.3 is 15.1 Å². The van der Waals surface area contributed by atoms with Crippen molar-refractivity contribution in [3.8, 4) is 0 Å². The average Bonchev–Trinajstić information content (AvgIpc) is 2.58. The summed E-state index contributed by atoms with van der Waals surface area (Å²) in [7, 11) is 4.21. The molecule has 1 aliphatic heterocycles. The van der Waals surface area contributed by atoms with Crippen molar-refractivity contribution in [1.29, 1.82) is 0 Å². The van der Waals surface area contributed by atoms with Crippen LogP contribution in [0.25, 0.3) is 0 Å². The van der Waals surface area contributed by atoms with E-state index in [0.717, 1.165) is 26.1 Å². The van der Waals surface area contributed by atoms with Crippen molar-refractivity contribution in [3.05, 3.63) is 60.2 Å². The Morgan fingerprint density at radius 1 is 0.955 bits per heavy atom. The van der Waals surface area contributed by atoms with Crippen LogP contribution in [0.15, 0.2) is 54.6 Å². The maximum Gasteiger partial charge on any atom is 0.0609 e. The number of nitrogens with one attached hydrogen (secondary N) is 1. The first-order chi connectivity index (χ1) is 10.8. The van der Waals surface area contributed by atoms with E-state index in [2.05, 4.69) is 76.8 Å². The predicted octanol–water partition coefficient (Wildman–Crippen LogP) is 3.29. The van der Waals surface area contributed by atoms with Crippen molar-refractivity contribution < 1.29 is 0 Å². The molecule has 22 heavy (non-hydrogen) atoms. The van der Waals surface area contributed by atoms with E-state index >= 15 is 0 Å². The third kappa shape index (κ3) is 2.95. The Kier molecular flexibility index (Phi) is 4.64. The van der Waals surface area contributed by atoms with Crippen LogP contribution in [0, 0.1) is 0 Å². The molecule has 0 aromatic heterocycles. The van der Waals surface area contributed by atoms with Crippen molar-refractivity contribution >= 4 is 11.4 Å². The molecule has 0 amide bonds.